The van der Waals surface area contributed by atoms with Crippen LogP contribution in [0.4, 0.5) is 0 Å². The van der Waals surface area contributed by atoms with Crippen LogP contribution in [0.1, 0.15) is 51.8 Å². The van der Waals surface area contributed by atoms with Gasteiger partial charge in [-0.05, 0) is 38.3 Å². The maximum absolute atomic E-state index is 12.6. The molecule has 7 nitrogen and oxygen atoms in total. The van der Waals surface area contributed by atoms with E-state index >= 15 is 0 Å². The summed E-state index contributed by atoms with van der Waals surface area (Å²) in [5, 5.41) is 6.56. The van der Waals surface area contributed by atoms with E-state index in [0.717, 1.165) is 56.3 Å². The lowest BCUT2D eigenvalue weighted by Crippen LogP contribution is -2.38. The van der Waals surface area contributed by atoms with Crippen LogP contribution in [0.2, 0.25) is 0 Å². The summed E-state index contributed by atoms with van der Waals surface area (Å²) in [4.78, 5) is 5.61. The van der Waals surface area contributed by atoms with Crippen LogP contribution in [0.3, 0.4) is 0 Å². The molecule has 0 fully saturated rings. The zero-order valence-corrected chi connectivity index (χ0v) is 20.0. The number of nitrogens with one attached hydrogen (secondary N) is 2. The molecule has 0 saturated heterocycles. The van der Waals surface area contributed by atoms with E-state index in [1.54, 1.807) is 6.07 Å². The fourth-order valence-electron chi connectivity index (χ4n) is 2.67. The van der Waals surface area contributed by atoms with Gasteiger partial charge in [-0.1, -0.05) is 27.2 Å². The molecule has 1 aromatic rings. The number of aliphatic imine (C=N–C) groups is 1. The van der Waals surface area contributed by atoms with Crippen molar-refractivity contribution in [2.45, 2.75) is 57.6 Å². The molecule has 2 N–H and O–H groups in total. The highest BCUT2D eigenvalue weighted by atomic mass is 32.2. The van der Waals surface area contributed by atoms with E-state index in [4.69, 9.17) is 4.74 Å². The van der Waals surface area contributed by atoms with Crippen LogP contribution >= 0.6 is 11.3 Å². The first-order valence-electron chi connectivity index (χ1n) is 10.7. The van der Waals surface area contributed by atoms with Crippen molar-refractivity contribution in [3.05, 3.63) is 17.0 Å². The zero-order chi connectivity index (χ0) is 21.5. The average Bonchev–Trinajstić information content (AvgIpc) is 3.18. The maximum atomic E-state index is 12.6. The molecular weight excluding hydrogens is 408 g/mol. The first kappa shape index (κ1) is 25.9. The number of guanidine groups is 1. The van der Waals surface area contributed by atoms with E-state index in [9.17, 15) is 8.42 Å². The van der Waals surface area contributed by atoms with E-state index in [-0.39, 0.29) is 0 Å². The van der Waals surface area contributed by atoms with Gasteiger partial charge in [-0.3, -0.25) is 4.99 Å². The predicted molar refractivity (Wildman–Crippen MR) is 122 cm³/mol. The summed E-state index contributed by atoms with van der Waals surface area (Å²) in [7, 11) is -3.37. The zero-order valence-electron chi connectivity index (χ0n) is 18.4. The van der Waals surface area contributed by atoms with Gasteiger partial charge in [0.1, 0.15) is 4.21 Å². The minimum atomic E-state index is -3.37. The number of hydrogen-bond acceptors (Lipinski definition) is 5. The quantitative estimate of drug-likeness (QED) is 0.246. The Bertz CT molecular complexity index is 686. The van der Waals surface area contributed by atoms with Gasteiger partial charge in [0.2, 0.25) is 0 Å². The summed E-state index contributed by atoms with van der Waals surface area (Å²) in [5.41, 5.74) is 0. The van der Waals surface area contributed by atoms with Crippen molar-refractivity contribution in [3.8, 4) is 0 Å². The molecule has 1 rings (SSSR count). The molecule has 0 unspecified atom stereocenters. The maximum Gasteiger partial charge on any atom is 0.252 e. The Morgan fingerprint density at radius 1 is 1.10 bits per heavy atom. The molecule has 0 aliphatic rings. The van der Waals surface area contributed by atoms with Gasteiger partial charge in [-0.15, -0.1) is 11.3 Å². The molecule has 0 aromatic carbocycles. The highest BCUT2D eigenvalue weighted by Gasteiger charge is 2.23. The van der Waals surface area contributed by atoms with E-state index in [0.29, 0.717) is 30.4 Å². The number of hydrogen-bond donors (Lipinski definition) is 2. The third-order valence-corrected chi connectivity index (χ3v) is 7.97. The molecule has 0 amide bonds. The van der Waals surface area contributed by atoms with Crippen LogP contribution in [0, 0.1) is 0 Å². The molecule has 1 aromatic heterocycles. The second-order valence-electron chi connectivity index (χ2n) is 6.57. The summed E-state index contributed by atoms with van der Waals surface area (Å²) in [5.74, 6) is 0.786. The largest absolute Gasteiger partial charge is 0.381 e. The van der Waals surface area contributed by atoms with Gasteiger partial charge in [-0.25, -0.2) is 8.42 Å². The first-order valence-corrected chi connectivity index (χ1v) is 12.9. The fourth-order valence-corrected chi connectivity index (χ4v) is 5.64. The number of thiophene rings is 1. The standard InChI is InChI=1S/C20H38N4O3S2/c1-5-9-16-27-17-10-14-22-20(21-6-2)23-15-13-18-11-12-19(28-18)29(25,26)24(7-3)8-4/h11-12H,5-10,13-17H2,1-4H3,(H2,21,22,23). The first-order chi connectivity index (χ1) is 14.0. The minimum Gasteiger partial charge on any atom is -0.381 e. The molecule has 0 radical (unpaired) electrons. The summed E-state index contributed by atoms with van der Waals surface area (Å²) in [6.45, 7) is 12.7. The van der Waals surface area contributed by atoms with Crippen LogP contribution in [-0.2, 0) is 21.2 Å². The van der Waals surface area contributed by atoms with Crippen molar-refractivity contribution in [1.82, 2.24) is 14.9 Å². The van der Waals surface area contributed by atoms with E-state index < -0.39 is 10.0 Å². The average molecular weight is 447 g/mol. The summed E-state index contributed by atoms with van der Waals surface area (Å²) in [6, 6.07) is 3.62. The van der Waals surface area contributed by atoms with Gasteiger partial charge < -0.3 is 15.4 Å². The van der Waals surface area contributed by atoms with Gasteiger partial charge in [0.05, 0.1) is 0 Å². The van der Waals surface area contributed by atoms with Gasteiger partial charge >= 0.3 is 0 Å². The predicted octanol–water partition coefficient (Wildman–Crippen LogP) is 3.08. The molecule has 0 aliphatic heterocycles. The summed E-state index contributed by atoms with van der Waals surface area (Å²) < 4.78 is 32.6. The minimum absolute atomic E-state index is 0.417. The number of sulfonamides is 1. The molecule has 0 aliphatic carbocycles. The van der Waals surface area contributed by atoms with Gasteiger partial charge in [0.25, 0.3) is 10.0 Å². The Morgan fingerprint density at radius 3 is 2.48 bits per heavy atom. The summed E-state index contributed by atoms with van der Waals surface area (Å²) >= 11 is 1.35. The number of nitrogens with zero attached hydrogens (tertiary/aromatic N) is 2. The van der Waals surface area contributed by atoms with Gasteiger partial charge in [0, 0.05) is 50.8 Å². The molecule has 0 spiro atoms. The Kier molecular flexibility index (Phi) is 13.2. The Hall–Kier alpha value is -1.16. The van der Waals surface area contributed by atoms with Gasteiger partial charge in [-0.2, -0.15) is 4.31 Å². The number of unbranched alkanes of at least 4 members (excludes halogenated alkanes) is 1. The second kappa shape index (κ2) is 14.8. The van der Waals surface area contributed by atoms with Crippen LogP contribution in [0.15, 0.2) is 21.3 Å². The molecule has 0 atom stereocenters. The van der Waals surface area contributed by atoms with Crippen molar-refractivity contribution in [3.63, 3.8) is 0 Å². The Morgan fingerprint density at radius 2 is 1.83 bits per heavy atom. The van der Waals surface area contributed by atoms with Crippen molar-refractivity contribution in [1.29, 1.82) is 0 Å². The topological polar surface area (TPSA) is 83.0 Å². The third-order valence-electron chi connectivity index (χ3n) is 4.30. The number of rotatable bonds is 15. The molecule has 1 heterocycles. The van der Waals surface area contributed by atoms with Crippen molar-refractivity contribution in [2.75, 3.05) is 45.9 Å². The molecule has 29 heavy (non-hydrogen) atoms. The third kappa shape index (κ3) is 9.46. The fraction of sp³-hybridized carbons (Fsp3) is 0.750. The lowest BCUT2D eigenvalue weighted by Gasteiger charge is -2.16. The number of ether oxygens (including phenoxy) is 1. The lowest BCUT2D eigenvalue weighted by atomic mass is 10.3. The van der Waals surface area contributed by atoms with E-state index in [1.165, 1.54) is 15.6 Å². The molecule has 0 saturated carbocycles. The Balaban J connectivity index is 2.47. The SMILES string of the molecule is CCCCOCCCN=C(NCC)NCCc1ccc(S(=O)(=O)N(CC)CC)s1. The van der Waals surface area contributed by atoms with Crippen molar-refractivity contribution < 1.29 is 13.2 Å². The van der Waals surface area contributed by atoms with Crippen molar-refractivity contribution in [2.24, 2.45) is 4.99 Å². The van der Waals surface area contributed by atoms with Crippen LogP contribution in [-0.4, -0.2) is 64.6 Å². The van der Waals surface area contributed by atoms with E-state index in [2.05, 4.69) is 22.5 Å². The highest BCUT2D eigenvalue weighted by Crippen LogP contribution is 2.25. The van der Waals surface area contributed by atoms with Crippen LogP contribution in [0.5, 0.6) is 0 Å². The Labute approximate surface area is 181 Å². The lowest BCUT2D eigenvalue weighted by molar-refractivity contribution is 0.130. The highest BCUT2D eigenvalue weighted by molar-refractivity contribution is 7.91. The second-order valence-corrected chi connectivity index (χ2v) is 9.90. The van der Waals surface area contributed by atoms with E-state index in [1.807, 2.05) is 26.8 Å². The van der Waals surface area contributed by atoms with Crippen molar-refractivity contribution >= 4 is 27.3 Å². The van der Waals surface area contributed by atoms with Gasteiger partial charge in [0.15, 0.2) is 5.96 Å². The smallest absolute Gasteiger partial charge is 0.252 e. The molecular formula is C20H38N4O3S2. The monoisotopic (exact) mass is 446 g/mol. The normalized spacial score (nSPS) is 12.5. The van der Waals surface area contributed by atoms with Crippen LogP contribution in [0.25, 0.3) is 0 Å². The molecule has 9 heteroatoms. The van der Waals surface area contributed by atoms with Crippen LogP contribution < -0.4 is 10.6 Å². The summed E-state index contributed by atoms with van der Waals surface area (Å²) in [6.07, 6.45) is 3.91. The molecule has 0 bridgehead atoms. The molecule has 168 valence electrons.